The highest BCUT2D eigenvalue weighted by molar-refractivity contribution is 6.05. The highest BCUT2D eigenvalue weighted by Crippen LogP contribution is 2.27. The van der Waals surface area contributed by atoms with E-state index in [1.54, 1.807) is 25.0 Å². The highest BCUT2D eigenvalue weighted by atomic mass is 16.5. The van der Waals surface area contributed by atoms with Gasteiger partial charge in [0.15, 0.2) is 6.10 Å². The summed E-state index contributed by atoms with van der Waals surface area (Å²) in [5.41, 5.74) is 2.60. The predicted octanol–water partition coefficient (Wildman–Crippen LogP) is 4.08. The van der Waals surface area contributed by atoms with E-state index in [-0.39, 0.29) is 5.91 Å². The molecule has 1 amide bonds. The summed E-state index contributed by atoms with van der Waals surface area (Å²) in [6.07, 6.45) is 1.16. The molecule has 6 nitrogen and oxygen atoms in total. The highest BCUT2D eigenvalue weighted by Gasteiger charge is 2.27. The third kappa shape index (κ3) is 3.99. The zero-order chi connectivity index (χ0) is 21.1. The van der Waals surface area contributed by atoms with Crippen LogP contribution in [-0.2, 0) is 9.53 Å². The van der Waals surface area contributed by atoms with Gasteiger partial charge in [-0.3, -0.25) is 4.79 Å². The van der Waals surface area contributed by atoms with Crippen molar-refractivity contribution in [2.45, 2.75) is 25.9 Å². The van der Waals surface area contributed by atoms with Crippen LogP contribution < -0.4 is 4.74 Å². The maximum absolute atomic E-state index is 13.0. The molecule has 1 saturated heterocycles. The molecule has 0 spiro atoms. The second-order valence-corrected chi connectivity index (χ2v) is 7.38. The number of esters is 1. The van der Waals surface area contributed by atoms with Crippen molar-refractivity contribution < 1.29 is 19.1 Å². The molecule has 0 saturated carbocycles. The number of hydrogen-bond donors (Lipinski definition) is 0. The minimum atomic E-state index is -0.827. The Morgan fingerprint density at radius 1 is 1.03 bits per heavy atom. The molecule has 0 aliphatic carbocycles. The summed E-state index contributed by atoms with van der Waals surface area (Å²) in [5, 5.41) is 0.695. The van der Waals surface area contributed by atoms with Crippen LogP contribution in [0.5, 0.6) is 5.75 Å². The summed E-state index contributed by atoms with van der Waals surface area (Å²) < 4.78 is 10.8. The van der Waals surface area contributed by atoms with Gasteiger partial charge in [-0.2, -0.15) is 0 Å². The summed E-state index contributed by atoms with van der Waals surface area (Å²) in [5.74, 6) is 0.0754. The summed E-state index contributed by atoms with van der Waals surface area (Å²) >= 11 is 0. The van der Waals surface area contributed by atoms with E-state index in [9.17, 15) is 9.59 Å². The number of fused-ring (bicyclic) bond motifs is 1. The van der Waals surface area contributed by atoms with Crippen molar-refractivity contribution >= 4 is 22.8 Å². The quantitative estimate of drug-likeness (QED) is 0.600. The van der Waals surface area contributed by atoms with Crippen molar-refractivity contribution in [3.8, 4) is 17.0 Å². The Morgan fingerprint density at radius 3 is 2.43 bits per heavy atom. The Bertz CT molecular complexity index is 1070. The standard InChI is InChI=1S/C24H24N2O4/c1-16(23(27)26-13-5-6-14-26)30-24(28)20-15-22(17-9-11-18(29-2)12-10-17)25-21-8-4-3-7-19(20)21/h3-4,7-12,15-16H,5-6,13-14H2,1-2H3/t16-/m1/s1. The Labute approximate surface area is 175 Å². The fourth-order valence-electron chi connectivity index (χ4n) is 3.72. The number of likely N-dealkylation sites (tertiary alicyclic amines) is 1. The molecule has 0 bridgehead atoms. The smallest absolute Gasteiger partial charge is 0.339 e. The summed E-state index contributed by atoms with van der Waals surface area (Å²) in [7, 11) is 1.61. The molecule has 1 aliphatic rings. The van der Waals surface area contributed by atoms with Gasteiger partial charge in [0.25, 0.3) is 5.91 Å². The normalized spacial score (nSPS) is 14.5. The number of rotatable bonds is 5. The average molecular weight is 404 g/mol. The van der Waals surface area contributed by atoms with Crippen LogP contribution in [0, 0.1) is 0 Å². The summed E-state index contributed by atoms with van der Waals surface area (Å²) in [6.45, 7) is 3.08. The molecular formula is C24H24N2O4. The van der Waals surface area contributed by atoms with Crippen LogP contribution in [0.25, 0.3) is 22.2 Å². The third-order valence-corrected chi connectivity index (χ3v) is 5.37. The van der Waals surface area contributed by atoms with E-state index in [2.05, 4.69) is 0 Å². The van der Waals surface area contributed by atoms with E-state index in [0.29, 0.717) is 22.2 Å². The first-order chi connectivity index (χ1) is 14.6. The zero-order valence-corrected chi connectivity index (χ0v) is 17.1. The van der Waals surface area contributed by atoms with Gasteiger partial charge in [-0.25, -0.2) is 9.78 Å². The van der Waals surface area contributed by atoms with Gasteiger partial charge in [-0.05, 0) is 56.2 Å². The first kappa shape index (κ1) is 19.9. The molecule has 1 fully saturated rings. The van der Waals surface area contributed by atoms with Crippen LogP contribution in [0.15, 0.2) is 54.6 Å². The molecule has 1 aromatic heterocycles. The topological polar surface area (TPSA) is 68.7 Å². The van der Waals surface area contributed by atoms with Gasteiger partial charge in [-0.15, -0.1) is 0 Å². The molecule has 30 heavy (non-hydrogen) atoms. The second kappa shape index (κ2) is 8.53. The molecule has 1 aliphatic heterocycles. The van der Waals surface area contributed by atoms with Crippen molar-refractivity contribution in [1.82, 2.24) is 9.88 Å². The Hall–Kier alpha value is -3.41. The fraction of sp³-hybridized carbons (Fsp3) is 0.292. The second-order valence-electron chi connectivity index (χ2n) is 7.38. The molecule has 6 heteroatoms. The number of nitrogens with zero attached hydrogens (tertiary/aromatic N) is 2. The fourth-order valence-corrected chi connectivity index (χ4v) is 3.72. The molecule has 2 heterocycles. The summed E-state index contributed by atoms with van der Waals surface area (Å²) in [6, 6.07) is 16.6. The van der Waals surface area contributed by atoms with Gasteiger partial charge in [0.1, 0.15) is 5.75 Å². The van der Waals surface area contributed by atoms with E-state index < -0.39 is 12.1 Å². The van der Waals surface area contributed by atoms with Gasteiger partial charge in [0, 0.05) is 24.0 Å². The molecule has 2 aromatic carbocycles. The monoisotopic (exact) mass is 404 g/mol. The van der Waals surface area contributed by atoms with E-state index in [0.717, 1.165) is 37.2 Å². The third-order valence-electron chi connectivity index (χ3n) is 5.37. The molecule has 1 atom stereocenters. The van der Waals surface area contributed by atoms with Crippen LogP contribution in [0.3, 0.4) is 0 Å². The maximum Gasteiger partial charge on any atom is 0.339 e. The molecule has 154 valence electrons. The minimum absolute atomic E-state index is 0.144. The van der Waals surface area contributed by atoms with Crippen LogP contribution in [0.4, 0.5) is 0 Å². The number of pyridine rings is 1. The molecule has 0 N–H and O–H groups in total. The Balaban J connectivity index is 1.66. The van der Waals surface area contributed by atoms with Crippen molar-refractivity contribution in [1.29, 1.82) is 0 Å². The Kier molecular flexibility index (Phi) is 5.65. The number of ether oxygens (including phenoxy) is 2. The van der Waals surface area contributed by atoms with E-state index in [1.807, 2.05) is 48.5 Å². The van der Waals surface area contributed by atoms with Gasteiger partial charge in [0.2, 0.25) is 0 Å². The first-order valence-corrected chi connectivity index (χ1v) is 10.1. The molecular weight excluding hydrogens is 380 g/mol. The van der Waals surface area contributed by atoms with Crippen molar-refractivity contribution in [3.05, 3.63) is 60.2 Å². The van der Waals surface area contributed by atoms with E-state index >= 15 is 0 Å². The van der Waals surface area contributed by atoms with Gasteiger partial charge < -0.3 is 14.4 Å². The maximum atomic E-state index is 13.0. The van der Waals surface area contributed by atoms with Crippen LogP contribution in [0.1, 0.15) is 30.1 Å². The molecule has 4 rings (SSSR count). The predicted molar refractivity (Wildman–Crippen MR) is 114 cm³/mol. The number of amides is 1. The number of aromatic nitrogens is 1. The first-order valence-electron chi connectivity index (χ1n) is 10.1. The zero-order valence-electron chi connectivity index (χ0n) is 17.1. The lowest BCUT2D eigenvalue weighted by Gasteiger charge is -2.20. The van der Waals surface area contributed by atoms with Gasteiger partial charge in [0.05, 0.1) is 23.9 Å². The van der Waals surface area contributed by atoms with E-state index in [1.165, 1.54) is 0 Å². The van der Waals surface area contributed by atoms with Gasteiger partial charge in [-0.1, -0.05) is 18.2 Å². The largest absolute Gasteiger partial charge is 0.497 e. The molecule has 0 unspecified atom stereocenters. The van der Waals surface area contributed by atoms with Crippen LogP contribution >= 0.6 is 0 Å². The lowest BCUT2D eigenvalue weighted by Crippen LogP contribution is -2.38. The number of benzene rings is 2. The van der Waals surface area contributed by atoms with Crippen molar-refractivity contribution in [3.63, 3.8) is 0 Å². The van der Waals surface area contributed by atoms with Crippen LogP contribution in [0.2, 0.25) is 0 Å². The average Bonchev–Trinajstić information content (AvgIpc) is 3.32. The van der Waals surface area contributed by atoms with Crippen molar-refractivity contribution in [2.24, 2.45) is 0 Å². The lowest BCUT2D eigenvalue weighted by molar-refractivity contribution is -0.138. The number of para-hydroxylation sites is 1. The number of carbonyl (C=O) groups excluding carboxylic acids is 2. The summed E-state index contributed by atoms with van der Waals surface area (Å²) in [4.78, 5) is 32.0. The number of methoxy groups -OCH3 is 1. The Morgan fingerprint density at radius 2 is 1.73 bits per heavy atom. The van der Waals surface area contributed by atoms with Crippen molar-refractivity contribution in [2.75, 3.05) is 20.2 Å². The molecule has 0 radical (unpaired) electrons. The van der Waals surface area contributed by atoms with Crippen LogP contribution in [-0.4, -0.2) is 48.1 Å². The minimum Gasteiger partial charge on any atom is -0.497 e. The molecule has 3 aromatic rings. The number of carbonyl (C=O) groups is 2. The van der Waals surface area contributed by atoms with E-state index in [4.69, 9.17) is 14.5 Å². The number of hydrogen-bond acceptors (Lipinski definition) is 5. The lowest BCUT2D eigenvalue weighted by atomic mass is 10.0. The van der Waals surface area contributed by atoms with Gasteiger partial charge >= 0.3 is 5.97 Å². The SMILES string of the molecule is COc1ccc(-c2cc(C(=O)O[C@H](C)C(=O)N3CCCC3)c3ccccc3n2)cc1.